The quantitative estimate of drug-likeness (QED) is 0.345. The molecule has 0 radical (unpaired) electrons. The van der Waals surface area contributed by atoms with Gasteiger partial charge in [0.05, 0.1) is 35.4 Å². The number of amides is 1. The molecule has 1 fully saturated rings. The van der Waals surface area contributed by atoms with Crippen molar-refractivity contribution < 1.29 is 28.9 Å². The van der Waals surface area contributed by atoms with Crippen molar-refractivity contribution in [2.75, 3.05) is 33.0 Å². The zero-order valence-corrected chi connectivity index (χ0v) is 20.4. The molecule has 180 valence electrons. The number of ether oxygens (including phenoxy) is 3. The number of aliphatic carboxylic acids is 1. The molecule has 1 aliphatic heterocycles. The lowest BCUT2D eigenvalue weighted by Crippen LogP contribution is -2.32. The van der Waals surface area contributed by atoms with Crippen molar-refractivity contribution in [3.63, 3.8) is 0 Å². The highest BCUT2D eigenvalue weighted by Gasteiger charge is 2.33. The molecule has 0 aromatic heterocycles. The van der Waals surface area contributed by atoms with Gasteiger partial charge in [0.15, 0.2) is 23.3 Å². The van der Waals surface area contributed by atoms with Gasteiger partial charge in [-0.3, -0.25) is 9.69 Å². The normalized spacial score (nSPS) is 15.9. The van der Waals surface area contributed by atoms with Crippen LogP contribution in [-0.2, 0) is 14.3 Å². The van der Waals surface area contributed by atoms with Gasteiger partial charge < -0.3 is 19.3 Å². The largest absolute Gasteiger partial charge is 0.490 e. The Balaban J connectivity index is 1.93. The minimum Gasteiger partial charge on any atom is -0.490 e. The molecule has 2 aromatic rings. The maximum atomic E-state index is 13.2. The summed E-state index contributed by atoms with van der Waals surface area (Å²) in [6, 6.07) is 12.7. The molecule has 2 aromatic carbocycles. The minimum atomic E-state index is -1.13. The Labute approximate surface area is 207 Å². The van der Waals surface area contributed by atoms with Gasteiger partial charge in [-0.2, -0.15) is 0 Å². The summed E-state index contributed by atoms with van der Waals surface area (Å²) in [7, 11) is 0. The van der Waals surface area contributed by atoms with Gasteiger partial charge in [-0.05, 0) is 61.5 Å². The standard InChI is InChI=1S/C24H25ClN2O6S/c1-3-31-11-10-27-23(30)20(34-24(27)26-17-8-6-5-7-9-17)14-16-12-18(25)22(33-15-21(28)29)19(13-16)32-4-2/h5-9,12-14H,3-4,10-11,15H2,1-2H3,(H,28,29)/b20-14-,26-24?. The van der Waals surface area contributed by atoms with E-state index in [1.807, 2.05) is 37.3 Å². The van der Waals surface area contributed by atoms with Gasteiger partial charge >= 0.3 is 5.97 Å². The summed E-state index contributed by atoms with van der Waals surface area (Å²) in [6.07, 6.45) is 1.70. The Morgan fingerprint density at radius 3 is 2.62 bits per heavy atom. The van der Waals surface area contributed by atoms with Crippen LogP contribution in [0.1, 0.15) is 19.4 Å². The molecule has 0 bridgehead atoms. The van der Waals surface area contributed by atoms with Crippen molar-refractivity contribution in [2.24, 2.45) is 4.99 Å². The number of amidine groups is 1. The first-order chi connectivity index (χ1) is 16.4. The van der Waals surface area contributed by atoms with Gasteiger partial charge in [0, 0.05) is 6.61 Å². The van der Waals surface area contributed by atoms with Gasteiger partial charge in [0.25, 0.3) is 5.91 Å². The summed E-state index contributed by atoms with van der Waals surface area (Å²) < 4.78 is 16.3. The lowest BCUT2D eigenvalue weighted by atomic mass is 10.1. The van der Waals surface area contributed by atoms with Crippen LogP contribution in [0.15, 0.2) is 52.4 Å². The number of thioether (sulfide) groups is 1. The highest BCUT2D eigenvalue weighted by Crippen LogP contribution is 2.39. The first-order valence-corrected chi connectivity index (χ1v) is 11.9. The van der Waals surface area contributed by atoms with Crippen molar-refractivity contribution in [3.8, 4) is 11.5 Å². The third-order valence-electron chi connectivity index (χ3n) is 4.50. The lowest BCUT2D eigenvalue weighted by Gasteiger charge is -2.15. The van der Waals surface area contributed by atoms with E-state index in [1.54, 1.807) is 30.0 Å². The highest BCUT2D eigenvalue weighted by atomic mass is 35.5. The second kappa shape index (κ2) is 12.5. The third kappa shape index (κ3) is 6.75. The van der Waals surface area contributed by atoms with E-state index >= 15 is 0 Å². The smallest absolute Gasteiger partial charge is 0.341 e. The van der Waals surface area contributed by atoms with Gasteiger partial charge in [-0.25, -0.2) is 9.79 Å². The molecule has 3 rings (SSSR count). The maximum Gasteiger partial charge on any atom is 0.341 e. The molecule has 1 amide bonds. The molecule has 10 heteroatoms. The van der Waals surface area contributed by atoms with Gasteiger partial charge in [0.2, 0.25) is 0 Å². The number of nitrogens with zero attached hydrogens (tertiary/aromatic N) is 2. The first-order valence-electron chi connectivity index (χ1n) is 10.7. The molecule has 0 aliphatic carbocycles. The van der Waals surface area contributed by atoms with Crippen molar-refractivity contribution in [3.05, 3.63) is 58.0 Å². The Bertz CT molecular complexity index is 1090. The molecule has 1 heterocycles. The molecule has 0 atom stereocenters. The fourth-order valence-corrected chi connectivity index (χ4v) is 4.36. The molecule has 34 heavy (non-hydrogen) atoms. The minimum absolute atomic E-state index is 0.142. The van der Waals surface area contributed by atoms with Crippen LogP contribution < -0.4 is 9.47 Å². The van der Waals surface area contributed by atoms with E-state index in [1.165, 1.54) is 11.8 Å². The van der Waals surface area contributed by atoms with E-state index in [0.29, 0.717) is 47.8 Å². The van der Waals surface area contributed by atoms with Gasteiger partial charge in [0.1, 0.15) is 0 Å². The molecule has 8 nitrogen and oxygen atoms in total. The second-order valence-corrected chi connectivity index (χ2v) is 8.36. The molecular formula is C24H25ClN2O6S. The zero-order chi connectivity index (χ0) is 24.5. The summed E-state index contributed by atoms with van der Waals surface area (Å²) in [5, 5.41) is 9.65. The molecule has 0 unspecified atom stereocenters. The number of hydrogen-bond donors (Lipinski definition) is 1. The van der Waals surface area contributed by atoms with E-state index < -0.39 is 12.6 Å². The number of carboxylic acid groups (broad SMARTS) is 1. The van der Waals surface area contributed by atoms with Crippen molar-refractivity contribution in [1.29, 1.82) is 0 Å². The van der Waals surface area contributed by atoms with Crippen LogP contribution in [0.3, 0.4) is 0 Å². The Morgan fingerprint density at radius 2 is 1.94 bits per heavy atom. The highest BCUT2D eigenvalue weighted by molar-refractivity contribution is 8.18. The number of hydrogen-bond acceptors (Lipinski definition) is 7. The van der Waals surface area contributed by atoms with E-state index in [2.05, 4.69) is 4.99 Å². The SMILES string of the molecule is CCOCCN1C(=O)/C(=C/c2cc(Cl)c(OCC(=O)O)c(OCC)c2)SC1=Nc1ccccc1. The summed E-state index contributed by atoms with van der Waals surface area (Å²) in [6.45, 7) is 4.77. The van der Waals surface area contributed by atoms with Crippen molar-refractivity contribution in [2.45, 2.75) is 13.8 Å². The van der Waals surface area contributed by atoms with Crippen LogP contribution in [0.5, 0.6) is 11.5 Å². The number of para-hydroxylation sites is 1. The zero-order valence-electron chi connectivity index (χ0n) is 18.8. The fraction of sp³-hybridized carbons (Fsp3) is 0.292. The third-order valence-corrected chi connectivity index (χ3v) is 5.79. The molecule has 0 saturated carbocycles. The molecule has 1 saturated heterocycles. The predicted octanol–water partition coefficient (Wildman–Crippen LogP) is 4.84. The Hall–Kier alpha value is -3.01. The lowest BCUT2D eigenvalue weighted by molar-refractivity contribution is -0.139. The van der Waals surface area contributed by atoms with E-state index in [9.17, 15) is 9.59 Å². The van der Waals surface area contributed by atoms with Crippen molar-refractivity contribution >= 4 is 52.2 Å². The average molecular weight is 505 g/mol. The number of benzene rings is 2. The molecule has 1 N–H and O–H groups in total. The Kier molecular flexibility index (Phi) is 9.38. The van der Waals surface area contributed by atoms with Crippen LogP contribution in [0, 0.1) is 0 Å². The topological polar surface area (TPSA) is 97.7 Å². The van der Waals surface area contributed by atoms with Crippen LogP contribution in [-0.4, -0.2) is 60.0 Å². The summed E-state index contributed by atoms with van der Waals surface area (Å²) in [4.78, 5) is 30.8. The van der Waals surface area contributed by atoms with Crippen LogP contribution in [0.4, 0.5) is 5.69 Å². The van der Waals surface area contributed by atoms with E-state index in [0.717, 1.165) is 5.69 Å². The van der Waals surface area contributed by atoms with Gasteiger partial charge in [-0.15, -0.1) is 0 Å². The summed E-state index contributed by atoms with van der Waals surface area (Å²) >= 11 is 7.61. The van der Waals surface area contributed by atoms with Gasteiger partial charge in [-0.1, -0.05) is 29.8 Å². The number of carboxylic acids is 1. The van der Waals surface area contributed by atoms with E-state index in [4.69, 9.17) is 30.9 Å². The van der Waals surface area contributed by atoms with Crippen LogP contribution >= 0.6 is 23.4 Å². The molecule has 0 spiro atoms. The average Bonchev–Trinajstić information content (AvgIpc) is 3.08. The predicted molar refractivity (Wildman–Crippen MR) is 133 cm³/mol. The Morgan fingerprint density at radius 1 is 1.18 bits per heavy atom. The second-order valence-electron chi connectivity index (χ2n) is 6.94. The number of carbonyl (C=O) groups is 2. The van der Waals surface area contributed by atoms with Crippen molar-refractivity contribution in [1.82, 2.24) is 4.90 Å². The molecule has 1 aliphatic rings. The number of aliphatic imine (C=N–C) groups is 1. The monoisotopic (exact) mass is 504 g/mol. The number of halogens is 1. The van der Waals surface area contributed by atoms with Crippen LogP contribution in [0.2, 0.25) is 5.02 Å². The van der Waals surface area contributed by atoms with E-state index in [-0.39, 0.29) is 16.7 Å². The molecular weight excluding hydrogens is 480 g/mol. The summed E-state index contributed by atoms with van der Waals surface area (Å²) in [5.41, 5.74) is 1.35. The summed E-state index contributed by atoms with van der Waals surface area (Å²) in [5.74, 6) is -0.886. The van der Waals surface area contributed by atoms with Crippen LogP contribution in [0.25, 0.3) is 6.08 Å². The fourth-order valence-electron chi connectivity index (χ4n) is 3.06. The maximum absolute atomic E-state index is 13.2. The first kappa shape index (κ1) is 25.6. The number of rotatable bonds is 11. The number of carbonyl (C=O) groups excluding carboxylic acids is 1.